The fourth-order valence-electron chi connectivity index (χ4n) is 2.62. The second-order valence-corrected chi connectivity index (χ2v) is 6.56. The van der Waals surface area contributed by atoms with Crippen LogP contribution in [0.3, 0.4) is 0 Å². The van der Waals surface area contributed by atoms with Gasteiger partial charge in [0.25, 0.3) is 0 Å². The van der Waals surface area contributed by atoms with E-state index < -0.39 is 6.10 Å². The van der Waals surface area contributed by atoms with E-state index in [1.54, 1.807) is 13.4 Å². The topological polar surface area (TPSA) is 69.1 Å². The van der Waals surface area contributed by atoms with Crippen molar-refractivity contribution in [2.75, 3.05) is 25.1 Å². The van der Waals surface area contributed by atoms with Gasteiger partial charge < -0.3 is 25.4 Å². The summed E-state index contributed by atoms with van der Waals surface area (Å²) in [6.07, 6.45) is 4.86. The molecule has 2 aromatic carbocycles. The molecule has 0 fully saturated rings. The highest BCUT2D eigenvalue weighted by molar-refractivity contribution is 5.82. The van der Waals surface area contributed by atoms with Crippen molar-refractivity contribution in [1.82, 2.24) is 10.6 Å². The van der Waals surface area contributed by atoms with Gasteiger partial charge in [-0.2, -0.15) is 0 Å². The highest BCUT2D eigenvalue weighted by Gasteiger charge is 2.09. The standard InChI is InChI=1S/C23H30N4O2/c1-19(2)26-13-14-27(18-24-3)23-12-8-7-9-20(23)15-25-16-21(28)17-29-22-10-5-4-6-11-22/h4-14,18,21,25-26,28H,1,15-17H2,2-3H3/b14-13+,24-18?. The highest BCUT2D eigenvalue weighted by atomic mass is 16.5. The Bertz CT molecular complexity index is 806. The maximum atomic E-state index is 10.2. The number of aliphatic hydroxyl groups excluding tert-OH is 1. The smallest absolute Gasteiger partial charge is 0.119 e. The first-order valence-corrected chi connectivity index (χ1v) is 9.54. The molecule has 0 spiro atoms. The maximum Gasteiger partial charge on any atom is 0.119 e. The molecule has 0 heterocycles. The van der Waals surface area contributed by atoms with Crippen molar-refractivity contribution in [3.63, 3.8) is 0 Å². The van der Waals surface area contributed by atoms with Crippen molar-refractivity contribution in [1.29, 1.82) is 0 Å². The van der Waals surface area contributed by atoms with E-state index >= 15 is 0 Å². The number of benzene rings is 2. The van der Waals surface area contributed by atoms with Gasteiger partial charge in [0.2, 0.25) is 0 Å². The van der Waals surface area contributed by atoms with Crippen molar-refractivity contribution in [2.45, 2.75) is 19.6 Å². The zero-order valence-corrected chi connectivity index (χ0v) is 17.1. The summed E-state index contributed by atoms with van der Waals surface area (Å²) in [7, 11) is 1.73. The molecule has 0 amide bonds. The number of rotatable bonds is 12. The fraction of sp³-hybridized carbons (Fsp3) is 0.261. The van der Waals surface area contributed by atoms with Crippen molar-refractivity contribution >= 4 is 12.0 Å². The second kappa shape index (κ2) is 12.4. The summed E-state index contributed by atoms with van der Waals surface area (Å²) in [5, 5.41) is 16.5. The minimum atomic E-state index is -0.602. The SMILES string of the molecule is C=C(C)N/C=C/N(C=NC)c1ccccc1CNCC(O)COc1ccccc1. The van der Waals surface area contributed by atoms with Crippen LogP contribution in [0.2, 0.25) is 0 Å². The minimum Gasteiger partial charge on any atom is -0.491 e. The van der Waals surface area contributed by atoms with Crippen LogP contribution in [0.25, 0.3) is 0 Å². The van der Waals surface area contributed by atoms with Crippen molar-refractivity contribution in [3.8, 4) is 5.75 Å². The van der Waals surface area contributed by atoms with E-state index in [0.29, 0.717) is 13.1 Å². The summed E-state index contributed by atoms with van der Waals surface area (Å²) in [5.41, 5.74) is 2.94. The van der Waals surface area contributed by atoms with E-state index in [1.165, 1.54) is 0 Å². The lowest BCUT2D eigenvalue weighted by Crippen LogP contribution is -2.31. The highest BCUT2D eigenvalue weighted by Crippen LogP contribution is 2.19. The minimum absolute atomic E-state index is 0.239. The largest absolute Gasteiger partial charge is 0.491 e. The molecular weight excluding hydrogens is 364 g/mol. The third-order valence-corrected chi connectivity index (χ3v) is 3.96. The fourth-order valence-corrected chi connectivity index (χ4v) is 2.62. The van der Waals surface area contributed by atoms with Crippen LogP contribution in [0.1, 0.15) is 12.5 Å². The number of hydrogen-bond acceptors (Lipinski definition) is 5. The summed E-state index contributed by atoms with van der Waals surface area (Å²) in [4.78, 5) is 6.07. The van der Waals surface area contributed by atoms with Crippen molar-refractivity contribution in [3.05, 3.63) is 84.8 Å². The van der Waals surface area contributed by atoms with Gasteiger partial charge in [0, 0.05) is 38.2 Å². The molecule has 0 aliphatic rings. The lowest BCUT2D eigenvalue weighted by atomic mass is 10.1. The number of allylic oxidation sites excluding steroid dienone is 1. The summed E-state index contributed by atoms with van der Waals surface area (Å²) in [6.45, 7) is 6.99. The van der Waals surface area contributed by atoms with E-state index in [9.17, 15) is 5.11 Å². The average molecular weight is 395 g/mol. The number of para-hydroxylation sites is 2. The molecule has 154 valence electrons. The summed E-state index contributed by atoms with van der Waals surface area (Å²) in [6, 6.07) is 17.5. The first-order chi connectivity index (χ1) is 14.1. The van der Waals surface area contributed by atoms with Gasteiger partial charge in [-0.05, 0) is 30.7 Å². The van der Waals surface area contributed by atoms with E-state index in [2.05, 4.69) is 22.2 Å². The lowest BCUT2D eigenvalue weighted by molar-refractivity contribution is 0.106. The van der Waals surface area contributed by atoms with Gasteiger partial charge in [-0.3, -0.25) is 4.99 Å². The molecule has 0 aliphatic carbocycles. The predicted molar refractivity (Wildman–Crippen MR) is 120 cm³/mol. The Morgan fingerprint density at radius 2 is 1.93 bits per heavy atom. The first-order valence-electron chi connectivity index (χ1n) is 9.54. The molecule has 6 heteroatoms. The lowest BCUT2D eigenvalue weighted by Gasteiger charge is -2.20. The van der Waals surface area contributed by atoms with Crippen LogP contribution in [0, 0.1) is 0 Å². The van der Waals surface area contributed by atoms with Gasteiger partial charge in [0.15, 0.2) is 0 Å². The van der Waals surface area contributed by atoms with Crippen LogP contribution in [0.4, 0.5) is 5.69 Å². The number of anilines is 1. The number of nitrogens with one attached hydrogen (secondary N) is 2. The van der Waals surface area contributed by atoms with Crippen LogP contribution in [0.15, 0.2) is 84.3 Å². The number of aliphatic hydroxyl groups is 1. The molecular formula is C23H30N4O2. The molecule has 29 heavy (non-hydrogen) atoms. The third kappa shape index (κ3) is 8.21. The summed E-state index contributed by atoms with van der Waals surface area (Å²) < 4.78 is 5.59. The first kappa shape index (κ1) is 22.2. The molecule has 2 aromatic rings. The van der Waals surface area contributed by atoms with Gasteiger partial charge in [0.05, 0.1) is 12.0 Å². The summed E-state index contributed by atoms with van der Waals surface area (Å²) in [5.74, 6) is 0.751. The second-order valence-electron chi connectivity index (χ2n) is 6.56. The number of nitrogens with zero attached hydrogens (tertiary/aromatic N) is 2. The monoisotopic (exact) mass is 394 g/mol. The van der Waals surface area contributed by atoms with Crippen LogP contribution < -0.4 is 20.3 Å². The van der Waals surface area contributed by atoms with Crippen LogP contribution in [-0.2, 0) is 6.54 Å². The third-order valence-electron chi connectivity index (χ3n) is 3.96. The molecule has 0 radical (unpaired) electrons. The number of ether oxygens (including phenoxy) is 1. The molecule has 0 bridgehead atoms. The van der Waals surface area contributed by atoms with Gasteiger partial charge in [-0.25, -0.2) is 0 Å². The van der Waals surface area contributed by atoms with E-state index in [1.807, 2.05) is 78.8 Å². The Morgan fingerprint density at radius 1 is 1.21 bits per heavy atom. The molecule has 3 N–H and O–H groups in total. The van der Waals surface area contributed by atoms with E-state index in [0.717, 1.165) is 22.7 Å². The maximum absolute atomic E-state index is 10.2. The predicted octanol–water partition coefficient (Wildman–Crippen LogP) is 3.28. The Morgan fingerprint density at radius 3 is 2.66 bits per heavy atom. The Balaban J connectivity index is 1.91. The zero-order valence-electron chi connectivity index (χ0n) is 17.1. The van der Waals surface area contributed by atoms with Gasteiger partial charge in [-0.1, -0.05) is 43.0 Å². The van der Waals surface area contributed by atoms with Gasteiger partial charge >= 0.3 is 0 Å². The molecule has 0 aliphatic heterocycles. The molecule has 2 rings (SSSR count). The van der Waals surface area contributed by atoms with Crippen LogP contribution in [0.5, 0.6) is 5.75 Å². The van der Waals surface area contributed by atoms with Crippen molar-refractivity contribution in [2.24, 2.45) is 4.99 Å². The van der Waals surface area contributed by atoms with Crippen LogP contribution >= 0.6 is 0 Å². The number of aliphatic imine (C=N–C) groups is 1. The molecule has 0 saturated heterocycles. The normalized spacial score (nSPS) is 12.2. The van der Waals surface area contributed by atoms with Crippen molar-refractivity contribution < 1.29 is 9.84 Å². The van der Waals surface area contributed by atoms with Crippen LogP contribution in [-0.4, -0.2) is 37.7 Å². The Kier molecular flexibility index (Phi) is 9.48. The molecule has 0 saturated carbocycles. The van der Waals surface area contributed by atoms with E-state index in [-0.39, 0.29) is 6.61 Å². The van der Waals surface area contributed by atoms with Gasteiger partial charge in [-0.15, -0.1) is 0 Å². The number of hydrogen-bond donors (Lipinski definition) is 3. The zero-order chi connectivity index (χ0) is 20.9. The Hall–Kier alpha value is -3.09. The molecule has 6 nitrogen and oxygen atoms in total. The Labute approximate surface area is 173 Å². The average Bonchev–Trinajstić information content (AvgIpc) is 2.72. The summed E-state index contributed by atoms with van der Waals surface area (Å²) >= 11 is 0. The van der Waals surface area contributed by atoms with Gasteiger partial charge in [0.1, 0.15) is 18.5 Å². The molecule has 1 atom stereocenters. The van der Waals surface area contributed by atoms with E-state index in [4.69, 9.17) is 4.74 Å². The quantitative estimate of drug-likeness (QED) is 0.381. The molecule has 0 aromatic heterocycles. The molecule has 1 unspecified atom stereocenters.